The summed E-state index contributed by atoms with van der Waals surface area (Å²) in [4.78, 5) is 4.86. The van der Waals surface area contributed by atoms with E-state index >= 15 is 0 Å². The number of aromatic nitrogens is 2. The second-order valence-electron chi connectivity index (χ2n) is 6.58. The number of nitrogens with zero attached hydrogens (tertiary/aromatic N) is 2. The monoisotopic (exact) mass is 334 g/mol. The second-order valence-corrected chi connectivity index (χ2v) is 6.58. The van der Waals surface area contributed by atoms with Crippen LogP contribution in [0.25, 0.3) is 17.0 Å². The highest BCUT2D eigenvalue weighted by Crippen LogP contribution is 2.38. The van der Waals surface area contributed by atoms with Crippen LogP contribution in [0.2, 0.25) is 0 Å². The summed E-state index contributed by atoms with van der Waals surface area (Å²) in [6.45, 7) is 4.69. The average Bonchev–Trinajstić information content (AvgIpc) is 2.87. The standard InChI is InChI=1S/C21H22N2O2/c1-13-9-17(14(2)23(13)3)21-18-10-15-7-5-6-8-19(15)22-20(18)11-16(25-21)12-24-4/h5-11,21H,12H2,1-4H3. The Morgan fingerprint density at radius 3 is 2.68 bits per heavy atom. The number of methoxy groups -OCH3 is 1. The maximum atomic E-state index is 6.32. The van der Waals surface area contributed by atoms with Crippen LogP contribution in [0.15, 0.2) is 42.2 Å². The van der Waals surface area contributed by atoms with Crippen LogP contribution >= 0.6 is 0 Å². The largest absolute Gasteiger partial charge is 0.483 e. The number of hydrogen-bond donors (Lipinski definition) is 0. The van der Waals surface area contributed by atoms with E-state index in [0.717, 1.165) is 27.9 Å². The predicted octanol–water partition coefficient (Wildman–Crippen LogP) is 4.30. The molecule has 1 aromatic carbocycles. The van der Waals surface area contributed by atoms with Gasteiger partial charge in [-0.05, 0) is 32.0 Å². The highest BCUT2D eigenvalue weighted by molar-refractivity contribution is 5.81. The summed E-state index contributed by atoms with van der Waals surface area (Å²) in [5.41, 5.74) is 6.67. The Kier molecular flexibility index (Phi) is 3.85. The molecule has 4 rings (SSSR count). The highest BCUT2D eigenvalue weighted by atomic mass is 16.5. The number of aryl methyl sites for hydroxylation is 1. The number of pyridine rings is 1. The van der Waals surface area contributed by atoms with E-state index in [1.54, 1.807) is 7.11 Å². The Morgan fingerprint density at radius 1 is 1.16 bits per heavy atom. The maximum Gasteiger partial charge on any atom is 0.152 e. The van der Waals surface area contributed by atoms with Gasteiger partial charge in [-0.2, -0.15) is 0 Å². The van der Waals surface area contributed by atoms with Gasteiger partial charge < -0.3 is 14.0 Å². The van der Waals surface area contributed by atoms with Gasteiger partial charge in [0.15, 0.2) is 6.10 Å². The molecule has 2 aromatic heterocycles. The molecule has 1 atom stereocenters. The van der Waals surface area contributed by atoms with Crippen molar-refractivity contribution < 1.29 is 9.47 Å². The van der Waals surface area contributed by atoms with Gasteiger partial charge in [-0.15, -0.1) is 0 Å². The minimum atomic E-state index is -0.165. The number of hydrogen-bond acceptors (Lipinski definition) is 3. The highest BCUT2D eigenvalue weighted by Gasteiger charge is 2.28. The van der Waals surface area contributed by atoms with Crippen molar-refractivity contribution in [2.45, 2.75) is 20.0 Å². The van der Waals surface area contributed by atoms with E-state index in [2.05, 4.69) is 43.7 Å². The third-order valence-electron chi connectivity index (χ3n) is 5.02. The topological polar surface area (TPSA) is 36.3 Å². The molecular weight excluding hydrogens is 312 g/mol. The van der Waals surface area contributed by atoms with Crippen molar-refractivity contribution in [2.24, 2.45) is 7.05 Å². The van der Waals surface area contributed by atoms with Crippen LogP contribution < -0.4 is 0 Å². The number of para-hydroxylation sites is 1. The van der Waals surface area contributed by atoms with Crippen LogP contribution in [0, 0.1) is 13.8 Å². The lowest BCUT2D eigenvalue weighted by atomic mass is 9.96. The third-order valence-corrected chi connectivity index (χ3v) is 5.02. The van der Waals surface area contributed by atoms with Crippen LogP contribution in [0.3, 0.4) is 0 Å². The van der Waals surface area contributed by atoms with Gasteiger partial charge in [-0.25, -0.2) is 4.98 Å². The summed E-state index contributed by atoms with van der Waals surface area (Å²) in [5, 5.41) is 1.13. The normalized spacial score (nSPS) is 16.5. The lowest BCUT2D eigenvalue weighted by molar-refractivity contribution is 0.0948. The van der Waals surface area contributed by atoms with Crippen molar-refractivity contribution in [1.82, 2.24) is 9.55 Å². The van der Waals surface area contributed by atoms with Crippen molar-refractivity contribution in [3.05, 3.63) is 70.4 Å². The molecule has 4 nitrogen and oxygen atoms in total. The van der Waals surface area contributed by atoms with Crippen molar-refractivity contribution in [1.29, 1.82) is 0 Å². The average molecular weight is 334 g/mol. The fourth-order valence-corrected chi connectivity index (χ4v) is 3.47. The van der Waals surface area contributed by atoms with Crippen molar-refractivity contribution in [3.63, 3.8) is 0 Å². The molecule has 1 unspecified atom stereocenters. The van der Waals surface area contributed by atoms with Gasteiger partial charge >= 0.3 is 0 Å². The van der Waals surface area contributed by atoms with Crippen LogP contribution in [0.5, 0.6) is 0 Å². The minimum Gasteiger partial charge on any atom is -0.483 e. The molecule has 0 fully saturated rings. The molecule has 0 amide bonds. The molecule has 0 aliphatic carbocycles. The first-order valence-corrected chi connectivity index (χ1v) is 8.47. The molecule has 0 saturated carbocycles. The van der Waals surface area contributed by atoms with Gasteiger partial charge in [0, 0.05) is 48.1 Å². The van der Waals surface area contributed by atoms with Crippen molar-refractivity contribution in [3.8, 4) is 0 Å². The van der Waals surface area contributed by atoms with E-state index in [1.807, 2.05) is 24.3 Å². The molecule has 0 radical (unpaired) electrons. The first-order valence-electron chi connectivity index (χ1n) is 8.47. The quantitative estimate of drug-likeness (QED) is 0.716. The van der Waals surface area contributed by atoms with Gasteiger partial charge in [0.2, 0.25) is 0 Å². The van der Waals surface area contributed by atoms with Gasteiger partial charge in [-0.3, -0.25) is 0 Å². The Bertz CT molecular complexity index is 985. The zero-order valence-electron chi connectivity index (χ0n) is 15.0. The van der Waals surface area contributed by atoms with E-state index in [-0.39, 0.29) is 6.10 Å². The van der Waals surface area contributed by atoms with E-state index in [4.69, 9.17) is 14.5 Å². The predicted molar refractivity (Wildman–Crippen MR) is 99.4 cm³/mol. The van der Waals surface area contributed by atoms with Crippen LogP contribution in [-0.4, -0.2) is 23.3 Å². The zero-order valence-corrected chi connectivity index (χ0v) is 15.0. The van der Waals surface area contributed by atoms with E-state index in [9.17, 15) is 0 Å². The van der Waals surface area contributed by atoms with Crippen molar-refractivity contribution >= 4 is 17.0 Å². The molecule has 3 aromatic rings. The Hall–Kier alpha value is -2.59. The third kappa shape index (κ3) is 2.63. The van der Waals surface area contributed by atoms with Gasteiger partial charge in [-0.1, -0.05) is 18.2 Å². The fraction of sp³-hybridized carbons (Fsp3) is 0.286. The van der Waals surface area contributed by atoms with Gasteiger partial charge in [0.1, 0.15) is 12.4 Å². The number of benzene rings is 1. The first kappa shape index (κ1) is 15.9. The van der Waals surface area contributed by atoms with E-state index in [1.165, 1.54) is 17.0 Å². The molecule has 4 heteroatoms. The van der Waals surface area contributed by atoms with Crippen molar-refractivity contribution in [2.75, 3.05) is 13.7 Å². The molecular formula is C21H22N2O2. The summed E-state index contributed by atoms with van der Waals surface area (Å²) in [6.07, 6.45) is 1.83. The summed E-state index contributed by atoms with van der Waals surface area (Å²) in [7, 11) is 3.77. The summed E-state index contributed by atoms with van der Waals surface area (Å²) >= 11 is 0. The van der Waals surface area contributed by atoms with Crippen LogP contribution in [0.1, 0.15) is 34.3 Å². The van der Waals surface area contributed by atoms with Crippen LogP contribution in [-0.2, 0) is 16.5 Å². The SMILES string of the molecule is COCC1=Cc2nc3ccccc3cc2C(c2cc(C)n(C)c2C)O1. The molecule has 1 aliphatic rings. The molecule has 128 valence electrons. The summed E-state index contributed by atoms with van der Waals surface area (Å²) in [5.74, 6) is 0.809. The first-order chi connectivity index (χ1) is 12.1. The molecule has 0 spiro atoms. The lowest BCUT2D eigenvalue weighted by Crippen LogP contribution is -2.16. The number of rotatable bonds is 3. The summed E-state index contributed by atoms with van der Waals surface area (Å²) < 4.78 is 13.8. The number of fused-ring (bicyclic) bond motifs is 2. The van der Waals surface area contributed by atoms with Gasteiger partial charge in [0.05, 0.1) is 11.2 Å². The second kappa shape index (κ2) is 6.05. The molecule has 3 heterocycles. The molecule has 0 saturated heterocycles. The molecule has 1 aliphatic heterocycles. The summed E-state index contributed by atoms with van der Waals surface area (Å²) in [6, 6.07) is 12.6. The molecule has 0 bridgehead atoms. The minimum absolute atomic E-state index is 0.165. The van der Waals surface area contributed by atoms with Gasteiger partial charge in [0.25, 0.3) is 0 Å². The lowest BCUT2D eigenvalue weighted by Gasteiger charge is -2.27. The van der Waals surface area contributed by atoms with E-state index < -0.39 is 0 Å². The van der Waals surface area contributed by atoms with Crippen LogP contribution in [0.4, 0.5) is 0 Å². The number of ether oxygens (including phenoxy) is 2. The fourth-order valence-electron chi connectivity index (χ4n) is 3.47. The Labute approximate surface area is 147 Å². The Morgan fingerprint density at radius 2 is 1.96 bits per heavy atom. The smallest absolute Gasteiger partial charge is 0.152 e. The Balaban J connectivity index is 1.93. The van der Waals surface area contributed by atoms with E-state index in [0.29, 0.717) is 6.61 Å². The maximum absolute atomic E-state index is 6.32. The molecule has 25 heavy (non-hydrogen) atoms. The zero-order chi connectivity index (χ0) is 17.6. The molecule has 0 N–H and O–H groups in total.